The lowest BCUT2D eigenvalue weighted by Crippen LogP contribution is -2.38. The Morgan fingerprint density at radius 2 is 1.96 bits per heavy atom. The summed E-state index contributed by atoms with van der Waals surface area (Å²) < 4.78 is 7.75. The Morgan fingerprint density at radius 3 is 2.75 bits per heavy atom. The van der Waals surface area contributed by atoms with Crippen molar-refractivity contribution in [2.24, 2.45) is 0 Å². The number of piperidine rings is 1. The number of nitrogens with zero attached hydrogens (tertiary/aromatic N) is 5. The summed E-state index contributed by atoms with van der Waals surface area (Å²) in [6.07, 6.45) is 1.71. The van der Waals surface area contributed by atoms with E-state index in [2.05, 4.69) is 15.3 Å². The van der Waals surface area contributed by atoms with Gasteiger partial charge in [-0.2, -0.15) is 0 Å². The smallest absolute Gasteiger partial charge is 0.253 e. The number of likely N-dealkylation sites (tertiary alicyclic amines) is 1. The maximum Gasteiger partial charge on any atom is 0.253 e. The van der Waals surface area contributed by atoms with E-state index in [0.29, 0.717) is 18.7 Å². The maximum atomic E-state index is 12.9. The lowest BCUT2D eigenvalue weighted by atomic mass is 9.96. The number of fused-ring (bicyclic) bond motifs is 2. The van der Waals surface area contributed by atoms with Crippen LogP contribution >= 0.6 is 0 Å². The molecule has 142 valence electrons. The Hall–Kier alpha value is -3.22. The molecule has 2 aromatic heterocycles. The number of carbonyl (C=O) groups is 1. The van der Waals surface area contributed by atoms with Crippen molar-refractivity contribution >= 4 is 28.0 Å². The molecule has 1 aliphatic heterocycles. The average molecular weight is 375 g/mol. The van der Waals surface area contributed by atoms with Gasteiger partial charge in [0.2, 0.25) is 0 Å². The summed E-state index contributed by atoms with van der Waals surface area (Å²) >= 11 is 0. The second-order valence-electron chi connectivity index (χ2n) is 7.20. The molecule has 0 saturated carbocycles. The zero-order chi connectivity index (χ0) is 19.1. The van der Waals surface area contributed by atoms with Gasteiger partial charge in [0.15, 0.2) is 11.5 Å². The van der Waals surface area contributed by atoms with Crippen molar-refractivity contribution in [1.82, 2.24) is 24.9 Å². The van der Waals surface area contributed by atoms with Crippen LogP contribution in [0.25, 0.3) is 22.1 Å². The molecule has 1 saturated heterocycles. The van der Waals surface area contributed by atoms with Crippen LogP contribution in [0, 0.1) is 0 Å². The van der Waals surface area contributed by atoms with Gasteiger partial charge in [0, 0.05) is 31.1 Å². The molecule has 0 unspecified atom stereocenters. The van der Waals surface area contributed by atoms with E-state index in [1.807, 2.05) is 59.0 Å². The zero-order valence-corrected chi connectivity index (χ0v) is 15.7. The Balaban J connectivity index is 1.30. The van der Waals surface area contributed by atoms with Crippen molar-refractivity contribution in [3.63, 3.8) is 0 Å². The van der Waals surface area contributed by atoms with Crippen molar-refractivity contribution in [1.29, 1.82) is 0 Å². The highest BCUT2D eigenvalue weighted by molar-refractivity contribution is 5.97. The van der Waals surface area contributed by atoms with Crippen molar-refractivity contribution in [3.05, 3.63) is 53.9 Å². The second-order valence-corrected chi connectivity index (χ2v) is 7.20. The summed E-state index contributed by atoms with van der Waals surface area (Å²) in [6.45, 7) is 4.17. The van der Waals surface area contributed by atoms with Crippen LogP contribution in [-0.4, -0.2) is 43.9 Å². The van der Waals surface area contributed by atoms with Gasteiger partial charge in [-0.15, -0.1) is 5.10 Å². The third-order valence-corrected chi connectivity index (χ3v) is 5.50. The van der Waals surface area contributed by atoms with E-state index in [0.717, 1.165) is 47.4 Å². The molecule has 0 N–H and O–H groups in total. The minimum absolute atomic E-state index is 0.0453. The minimum Gasteiger partial charge on any atom is -0.440 e. The molecule has 7 heteroatoms. The number of hydrogen-bond acceptors (Lipinski definition) is 5. The molecule has 0 radical (unpaired) electrons. The van der Waals surface area contributed by atoms with E-state index >= 15 is 0 Å². The number of aromatic nitrogens is 4. The summed E-state index contributed by atoms with van der Waals surface area (Å²) in [6, 6.07) is 13.5. The van der Waals surface area contributed by atoms with Crippen LogP contribution in [0.1, 0.15) is 41.9 Å². The summed E-state index contributed by atoms with van der Waals surface area (Å²) in [5, 5.41) is 8.28. The highest BCUT2D eigenvalue weighted by atomic mass is 16.3. The van der Waals surface area contributed by atoms with Crippen LogP contribution in [0.2, 0.25) is 0 Å². The molecule has 0 aliphatic carbocycles. The first-order valence-electron chi connectivity index (χ1n) is 9.71. The number of hydrogen-bond donors (Lipinski definition) is 0. The van der Waals surface area contributed by atoms with E-state index in [4.69, 9.17) is 4.42 Å². The minimum atomic E-state index is 0.0453. The largest absolute Gasteiger partial charge is 0.440 e. The van der Waals surface area contributed by atoms with Crippen LogP contribution < -0.4 is 0 Å². The highest BCUT2D eigenvalue weighted by Crippen LogP contribution is 2.30. The fourth-order valence-electron chi connectivity index (χ4n) is 3.92. The third kappa shape index (κ3) is 2.83. The SMILES string of the molecule is CCn1nnc2cc(C(=O)N3CCC(c4nc5ccccc5o4)CC3)ccc21. The Morgan fingerprint density at radius 1 is 1.14 bits per heavy atom. The zero-order valence-electron chi connectivity index (χ0n) is 15.7. The molecular formula is C21H21N5O2. The Bertz CT molecular complexity index is 1120. The van der Waals surface area contributed by atoms with E-state index in [1.54, 1.807) is 0 Å². The van der Waals surface area contributed by atoms with Crippen molar-refractivity contribution in [2.45, 2.75) is 32.2 Å². The quantitative estimate of drug-likeness (QED) is 0.547. The van der Waals surface area contributed by atoms with E-state index in [9.17, 15) is 4.79 Å². The molecule has 2 aromatic carbocycles. The Labute approximate surface area is 161 Å². The number of aryl methyl sites for hydroxylation is 1. The van der Waals surface area contributed by atoms with Crippen molar-refractivity contribution in [2.75, 3.05) is 13.1 Å². The van der Waals surface area contributed by atoms with Gasteiger partial charge in [-0.3, -0.25) is 4.79 Å². The first-order valence-corrected chi connectivity index (χ1v) is 9.71. The monoisotopic (exact) mass is 375 g/mol. The van der Waals surface area contributed by atoms with Gasteiger partial charge in [0.25, 0.3) is 5.91 Å². The molecule has 1 amide bonds. The van der Waals surface area contributed by atoms with Gasteiger partial charge < -0.3 is 9.32 Å². The summed E-state index contributed by atoms with van der Waals surface area (Å²) in [7, 11) is 0. The van der Waals surface area contributed by atoms with Gasteiger partial charge in [-0.25, -0.2) is 9.67 Å². The summed E-state index contributed by atoms with van der Waals surface area (Å²) in [5.41, 5.74) is 4.09. The molecule has 0 spiro atoms. The molecule has 4 aromatic rings. The van der Waals surface area contributed by atoms with Gasteiger partial charge >= 0.3 is 0 Å². The summed E-state index contributed by atoms with van der Waals surface area (Å²) in [5.74, 6) is 1.08. The first-order chi connectivity index (χ1) is 13.7. The molecule has 7 nitrogen and oxygen atoms in total. The molecular weight excluding hydrogens is 354 g/mol. The van der Waals surface area contributed by atoms with Crippen LogP contribution in [-0.2, 0) is 6.54 Å². The molecule has 1 aliphatic rings. The second kappa shape index (κ2) is 6.74. The normalized spacial score (nSPS) is 15.5. The van der Waals surface area contributed by atoms with E-state index in [-0.39, 0.29) is 11.8 Å². The number of carbonyl (C=O) groups excluding carboxylic acids is 1. The molecule has 3 heterocycles. The molecule has 0 bridgehead atoms. The van der Waals surface area contributed by atoms with Gasteiger partial charge in [-0.05, 0) is 50.1 Å². The van der Waals surface area contributed by atoms with Gasteiger partial charge in [-0.1, -0.05) is 17.3 Å². The predicted octanol–water partition coefficient (Wildman–Crippen LogP) is 3.61. The fourth-order valence-corrected chi connectivity index (χ4v) is 3.92. The van der Waals surface area contributed by atoms with Crippen molar-refractivity contribution in [3.8, 4) is 0 Å². The van der Waals surface area contributed by atoms with Crippen LogP contribution in [0.15, 0.2) is 46.9 Å². The number of para-hydroxylation sites is 2. The van der Waals surface area contributed by atoms with Gasteiger partial charge in [0.05, 0.1) is 5.52 Å². The first kappa shape index (κ1) is 16.9. The van der Waals surface area contributed by atoms with E-state index < -0.39 is 0 Å². The number of amides is 1. The summed E-state index contributed by atoms with van der Waals surface area (Å²) in [4.78, 5) is 19.5. The lowest BCUT2D eigenvalue weighted by Gasteiger charge is -2.30. The predicted molar refractivity (Wildman–Crippen MR) is 105 cm³/mol. The number of benzene rings is 2. The number of rotatable bonds is 3. The molecule has 5 rings (SSSR count). The van der Waals surface area contributed by atoms with E-state index in [1.165, 1.54) is 0 Å². The standard InChI is InChI=1S/C21H21N5O2/c1-2-26-18-8-7-15(13-17(18)23-24-26)21(27)25-11-9-14(10-12-25)20-22-16-5-3-4-6-19(16)28-20/h3-8,13-14H,2,9-12H2,1H3. The molecule has 0 atom stereocenters. The van der Waals surface area contributed by atoms with Crippen LogP contribution in [0.5, 0.6) is 0 Å². The van der Waals surface area contributed by atoms with Gasteiger partial charge in [0.1, 0.15) is 11.0 Å². The third-order valence-electron chi connectivity index (χ3n) is 5.50. The molecule has 28 heavy (non-hydrogen) atoms. The lowest BCUT2D eigenvalue weighted by molar-refractivity contribution is 0.0707. The molecule has 1 fully saturated rings. The van der Waals surface area contributed by atoms with Crippen LogP contribution in [0.3, 0.4) is 0 Å². The Kier molecular flexibility index (Phi) is 4.07. The maximum absolute atomic E-state index is 12.9. The van der Waals surface area contributed by atoms with Crippen LogP contribution in [0.4, 0.5) is 0 Å². The number of oxazole rings is 1. The highest BCUT2D eigenvalue weighted by Gasteiger charge is 2.27. The topological polar surface area (TPSA) is 77.1 Å². The van der Waals surface area contributed by atoms with Crippen molar-refractivity contribution < 1.29 is 9.21 Å². The fraction of sp³-hybridized carbons (Fsp3) is 0.333. The average Bonchev–Trinajstić information content (AvgIpc) is 3.36.